The second kappa shape index (κ2) is 4.10. The zero-order chi connectivity index (χ0) is 11.0. The van der Waals surface area contributed by atoms with Crippen molar-refractivity contribution in [1.29, 1.82) is 0 Å². The number of halogens is 2. The van der Waals surface area contributed by atoms with Crippen LogP contribution < -0.4 is 10.6 Å². The fraction of sp³-hybridized carbons (Fsp3) is 0.364. The Morgan fingerprint density at radius 2 is 2.33 bits per heavy atom. The van der Waals surface area contributed by atoms with Crippen LogP contribution in [0.4, 0.5) is 10.1 Å². The minimum atomic E-state index is -0.204. The van der Waals surface area contributed by atoms with E-state index in [1.165, 1.54) is 0 Å². The van der Waals surface area contributed by atoms with E-state index >= 15 is 0 Å². The molecule has 0 spiro atoms. The van der Waals surface area contributed by atoms with Crippen LogP contribution in [-0.4, -0.2) is 12.7 Å². The summed E-state index contributed by atoms with van der Waals surface area (Å²) in [5.41, 5.74) is 8.01. The quantitative estimate of drug-likeness (QED) is 0.896. The van der Waals surface area contributed by atoms with E-state index in [0.717, 1.165) is 24.2 Å². The third kappa shape index (κ3) is 1.88. The standard InChI is InChI=1S/C11H13BrFN2/c1-2-11(14)15-4-3-7-5-9(13)8(12)6-10(7)15/h2,5-6,11H,3-4,14H2,1H3. The molecule has 1 unspecified atom stereocenters. The average Bonchev–Trinajstić information content (AvgIpc) is 2.61. The lowest BCUT2D eigenvalue weighted by Crippen LogP contribution is -2.40. The molecule has 0 saturated heterocycles. The van der Waals surface area contributed by atoms with E-state index in [0.29, 0.717) is 4.47 Å². The van der Waals surface area contributed by atoms with Gasteiger partial charge in [0.15, 0.2) is 0 Å². The normalized spacial score (nSPS) is 16.7. The minimum Gasteiger partial charge on any atom is -0.355 e. The molecule has 1 aromatic carbocycles. The van der Waals surface area contributed by atoms with Gasteiger partial charge in [0.2, 0.25) is 0 Å². The first-order valence-corrected chi connectivity index (χ1v) is 5.72. The van der Waals surface area contributed by atoms with Crippen molar-refractivity contribution < 1.29 is 4.39 Å². The molecule has 2 nitrogen and oxygen atoms in total. The van der Waals surface area contributed by atoms with Gasteiger partial charge < -0.3 is 10.6 Å². The molecule has 0 amide bonds. The van der Waals surface area contributed by atoms with E-state index in [1.54, 1.807) is 12.1 Å². The van der Waals surface area contributed by atoms with Gasteiger partial charge in [0.1, 0.15) is 5.82 Å². The summed E-state index contributed by atoms with van der Waals surface area (Å²) >= 11 is 3.19. The zero-order valence-electron chi connectivity index (χ0n) is 8.50. The lowest BCUT2D eigenvalue weighted by Gasteiger charge is -2.25. The Morgan fingerprint density at radius 3 is 3.00 bits per heavy atom. The van der Waals surface area contributed by atoms with E-state index in [4.69, 9.17) is 5.73 Å². The highest BCUT2D eigenvalue weighted by Gasteiger charge is 2.24. The van der Waals surface area contributed by atoms with Gasteiger partial charge in [-0.25, -0.2) is 4.39 Å². The van der Waals surface area contributed by atoms with Crippen molar-refractivity contribution in [2.45, 2.75) is 19.5 Å². The first-order chi connectivity index (χ1) is 7.13. The molecule has 0 aliphatic carbocycles. The molecule has 1 aliphatic rings. The Morgan fingerprint density at radius 1 is 1.60 bits per heavy atom. The maximum atomic E-state index is 13.3. The predicted octanol–water partition coefficient (Wildman–Crippen LogP) is 2.46. The summed E-state index contributed by atoms with van der Waals surface area (Å²) < 4.78 is 13.8. The molecule has 0 bridgehead atoms. The summed E-state index contributed by atoms with van der Waals surface area (Å²) in [6.07, 6.45) is 2.71. The molecule has 1 heterocycles. The Kier molecular flexibility index (Phi) is 2.98. The summed E-state index contributed by atoms with van der Waals surface area (Å²) in [7, 11) is 0. The number of hydrogen-bond acceptors (Lipinski definition) is 2. The second-order valence-electron chi connectivity index (χ2n) is 3.66. The van der Waals surface area contributed by atoms with E-state index < -0.39 is 0 Å². The topological polar surface area (TPSA) is 29.3 Å². The molecule has 0 aromatic heterocycles. The van der Waals surface area contributed by atoms with Gasteiger partial charge in [-0.15, -0.1) is 0 Å². The number of rotatable bonds is 2. The summed E-state index contributed by atoms with van der Waals surface area (Å²) in [6.45, 7) is 2.79. The SMILES string of the molecule is C[CH]C(N)N1CCc2cc(F)c(Br)cc21. The molecule has 4 heteroatoms. The van der Waals surface area contributed by atoms with E-state index in [-0.39, 0.29) is 12.0 Å². The lowest BCUT2D eigenvalue weighted by molar-refractivity contribution is 0.620. The molecule has 1 aromatic rings. The largest absolute Gasteiger partial charge is 0.355 e. The summed E-state index contributed by atoms with van der Waals surface area (Å²) in [6, 6.07) is 3.39. The molecule has 0 fully saturated rings. The van der Waals surface area contributed by atoms with Crippen LogP contribution >= 0.6 is 15.9 Å². The molecule has 0 saturated carbocycles. The smallest absolute Gasteiger partial charge is 0.137 e. The van der Waals surface area contributed by atoms with Gasteiger partial charge in [-0.2, -0.15) is 0 Å². The van der Waals surface area contributed by atoms with Crippen molar-refractivity contribution in [2.75, 3.05) is 11.4 Å². The van der Waals surface area contributed by atoms with Crippen molar-refractivity contribution in [3.8, 4) is 0 Å². The van der Waals surface area contributed by atoms with Crippen LogP contribution in [0.1, 0.15) is 12.5 Å². The molecule has 1 radical (unpaired) electrons. The Balaban J connectivity index is 2.38. The summed E-state index contributed by atoms with van der Waals surface area (Å²) in [5.74, 6) is -0.204. The van der Waals surface area contributed by atoms with Crippen LogP contribution in [0.5, 0.6) is 0 Å². The highest BCUT2D eigenvalue weighted by Crippen LogP contribution is 2.33. The zero-order valence-corrected chi connectivity index (χ0v) is 10.1. The van der Waals surface area contributed by atoms with Gasteiger partial charge in [0.05, 0.1) is 10.6 Å². The number of hydrogen-bond donors (Lipinski definition) is 1. The molecule has 81 valence electrons. The summed E-state index contributed by atoms with van der Waals surface area (Å²) in [4.78, 5) is 2.08. The van der Waals surface area contributed by atoms with Crippen molar-refractivity contribution in [1.82, 2.24) is 0 Å². The second-order valence-corrected chi connectivity index (χ2v) is 4.52. The van der Waals surface area contributed by atoms with Gasteiger partial charge in [-0.1, -0.05) is 6.92 Å². The van der Waals surface area contributed by atoms with Gasteiger partial charge in [-0.05, 0) is 46.5 Å². The number of anilines is 1. The monoisotopic (exact) mass is 271 g/mol. The van der Waals surface area contributed by atoms with Gasteiger partial charge in [0, 0.05) is 12.2 Å². The number of nitrogens with two attached hydrogens (primary N) is 1. The number of nitrogens with zero attached hydrogens (tertiary/aromatic N) is 1. The van der Waals surface area contributed by atoms with Gasteiger partial charge in [0.25, 0.3) is 0 Å². The van der Waals surface area contributed by atoms with E-state index in [9.17, 15) is 4.39 Å². The third-order valence-electron chi connectivity index (χ3n) is 2.75. The predicted molar refractivity (Wildman–Crippen MR) is 63.1 cm³/mol. The van der Waals surface area contributed by atoms with Crippen LogP contribution in [0.15, 0.2) is 16.6 Å². The van der Waals surface area contributed by atoms with Crippen LogP contribution in [0.3, 0.4) is 0 Å². The highest BCUT2D eigenvalue weighted by atomic mass is 79.9. The summed E-state index contributed by atoms with van der Waals surface area (Å²) in [5, 5.41) is 0. The van der Waals surface area contributed by atoms with Crippen molar-refractivity contribution >= 4 is 21.6 Å². The Bertz CT molecular complexity index is 381. The van der Waals surface area contributed by atoms with Crippen LogP contribution in [0.2, 0.25) is 0 Å². The van der Waals surface area contributed by atoms with E-state index in [1.807, 2.05) is 13.3 Å². The van der Waals surface area contributed by atoms with Crippen molar-refractivity contribution in [3.05, 3.63) is 34.4 Å². The third-order valence-corrected chi connectivity index (χ3v) is 3.36. The molecule has 15 heavy (non-hydrogen) atoms. The average molecular weight is 272 g/mol. The van der Waals surface area contributed by atoms with Crippen molar-refractivity contribution in [2.24, 2.45) is 5.73 Å². The first-order valence-electron chi connectivity index (χ1n) is 4.93. The first kappa shape index (κ1) is 10.9. The van der Waals surface area contributed by atoms with Gasteiger partial charge in [-0.3, -0.25) is 0 Å². The van der Waals surface area contributed by atoms with E-state index in [2.05, 4.69) is 20.8 Å². The maximum Gasteiger partial charge on any atom is 0.137 e. The fourth-order valence-electron chi connectivity index (χ4n) is 1.90. The lowest BCUT2D eigenvalue weighted by atomic mass is 10.1. The Hall–Kier alpha value is -0.610. The molecule has 1 aliphatic heterocycles. The molecular weight excluding hydrogens is 259 g/mol. The van der Waals surface area contributed by atoms with Crippen LogP contribution in [0.25, 0.3) is 0 Å². The van der Waals surface area contributed by atoms with Crippen LogP contribution in [0, 0.1) is 12.2 Å². The minimum absolute atomic E-state index is 0.0939. The molecule has 1 atom stereocenters. The van der Waals surface area contributed by atoms with Crippen molar-refractivity contribution in [3.63, 3.8) is 0 Å². The Labute approximate surface area is 97.4 Å². The molecule has 2 rings (SSSR count). The number of fused-ring (bicyclic) bond motifs is 1. The van der Waals surface area contributed by atoms with Crippen LogP contribution in [-0.2, 0) is 6.42 Å². The maximum absolute atomic E-state index is 13.3. The fourth-order valence-corrected chi connectivity index (χ4v) is 2.23. The van der Waals surface area contributed by atoms with Gasteiger partial charge >= 0.3 is 0 Å². The number of benzene rings is 1. The molecular formula is C11H13BrFN2. The molecule has 2 N–H and O–H groups in total. The highest BCUT2D eigenvalue weighted by molar-refractivity contribution is 9.10.